The lowest BCUT2D eigenvalue weighted by atomic mass is 10.1. The number of methoxy groups -OCH3 is 1. The van der Waals surface area contributed by atoms with Crippen LogP contribution in [-0.4, -0.2) is 59.8 Å². The maximum absolute atomic E-state index is 12.6. The van der Waals surface area contributed by atoms with Gasteiger partial charge in [-0.05, 0) is 24.5 Å². The first-order valence-corrected chi connectivity index (χ1v) is 8.26. The highest BCUT2D eigenvalue weighted by atomic mass is 16.5. The monoisotopic (exact) mass is 362 g/mol. The van der Waals surface area contributed by atoms with Crippen molar-refractivity contribution in [1.82, 2.24) is 4.90 Å². The molecule has 0 saturated carbocycles. The molecule has 0 fully saturated rings. The minimum atomic E-state index is -0.864. The number of esters is 1. The number of hydrogen-bond donors (Lipinski definition) is 3. The number of carbonyl (C=O) groups is 3. The van der Waals surface area contributed by atoms with Crippen LogP contribution < -0.4 is 5.32 Å². The average Bonchev–Trinajstić information content (AvgIpc) is 2.92. The number of carbonyl (C=O) groups excluding carboxylic acids is 2. The van der Waals surface area contributed by atoms with E-state index in [0.717, 1.165) is 5.56 Å². The first kappa shape index (κ1) is 19.5. The molecular weight excluding hydrogens is 340 g/mol. The number of carboxylic acids is 1. The van der Waals surface area contributed by atoms with Crippen molar-refractivity contribution in [2.45, 2.75) is 19.3 Å². The lowest BCUT2D eigenvalue weighted by Crippen LogP contribution is -2.31. The molecule has 1 heterocycles. The van der Waals surface area contributed by atoms with E-state index < -0.39 is 11.9 Å². The summed E-state index contributed by atoms with van der Waals surface area (Å²) in [6.07, 6.45) is 1.03. The number of aliphatic carboxylic acids is 1. The maximum atomic E-state index is 12.6. The van der Waals surface area contributed by atoms with E-state index in [9.17, 15) is 14.4 Å². The van der Waals surface area contributed by atoms with E-state index in [-0.39, 0.29) is 43.3 Å². The molecule has 0 radical (unpaired) electrons. The molecule has 8 heteroatoms. The number of hydrogen-bond acceptors (Lipinski definition) is 6. The van der Waals surface area contributed by atoms with E-state index in [1.165, 1.54) is 12.0 Å². The molecule has 1 aliphatic rings. The molecule has 26 heavy (non-hydrogen) atoms. The van der Waals surface area contributed by atoms with Crippen LogP contribution in [0.4, 0.5) is 5.69 Å². The summed E-state index contributed by atoms with van der Waals surface area (Å²) in [6, 6.07) is 7.21. The van der Waals surface area contributed by atoms with Gasteiger partial charge < -0.3 is 25.2 Å². The lowest BCUT2D eigenvalue weighted by molar-refractivity contribution is -0.137. The van der Waals surface area contributed by atoms with Crippen LogP contribution in [0.1, 0.15) is 18.4 Å². The highest BCUT2D eigenvalue weighted by molar-refractivity contribution is 6.08. The summed E-state index contributed by atoms with van der Waals surface area (Å²) >= 11 is 0. The van der Waals surface area contributed by atoms with Gasteiger partial charge in [-0.2, -0.15) is 0 Å². The van der Waals surface area contributed by atoms with Gasteiger partial charge in [0.05, 0.1) is 25.8 Å². The van der Waals surface area contributed by atoms with Gasteiger partial charge in [-0.15, -0.1) is 0 Å². The topological polar surface area (TPSA) is 116 Å². The maximum Gasteiger partial charge on any atom is 0.337 e. The third-order valence-corrected chi connectivity index (χ3v) is 4.07. The molecule has 1 aromatic rings. The molecular formula is C18H22N2O6. The average molecular weight is 362 g/mol. The molecule has 8 nitrogen and oxygen atoms in total. The summed E-state index contributed by atoms with van der Waals surface area (Å²) in [7, 11) is 1.24. The number of amides is 1. The van der Waals surface area contributed by atoms with Crippen molar-refractivity contribution in [2.24, 2.45) is 0 Å². The third-order valence-electron chi connectivity index (χ3n) is 4.07. The number of aliphatic hydroxyl groups is 1. The Morgan fingerprint density at radius 1 is 1.31 bits per heavy atom. The van der Waals surface area contributed by atoms with Gasteiger partial charge in [-0.1, -0.05) is 18.2 Å². The predicted octanol–water partition coefficient (Wildman–Crippen LogP) is 0.767. The Hall–Kier alpha value is -2.87. The van der Waals surface area contributed by atoms with Gasteiger partial charge in [0.25, 0.3) is 5.91 Å². The normalized spacial score (nSPS) is 13.9. The van der Waals surface area contributed by atoms with E-state index in [4.69, 9.17) is 14.9 Å². The number of aliphatic hydroxyl groups excluding tert-OH is 1. The molecule has 140 valence electrons. The zero-order valence-electron chi connectivity index (χ0n) is 14.5. The zero-order valence-corrected chi connectivity index (χ0v) is 14.5. The number of β-amino-alcohol motifs (C(OH)–C–C–N with tert-alkyl or cyclic N) is 1. The van der Waals surface area contributed by atoms with Crippen LogP contribution in [-0.2, 0) is 25.5 Å². The Morgan fingerprint density at radius 2 is 2.04 bits per heavy atom. The van der Waals surface area contributed by atoms with Crippen LogP contribution in [0.3, 0.4) is 0 Å². The summed E-state index contributed by atoms with van der Waals surface area (Å²) in [5.74, 6) is -1.86. The predicted molar refractivity (Wildman–Crippen MR) is 93.3 cm³/mol. The highest BCUT2D eigenvalue weighted by Crippen LogP contribution is 2.25. The smallest absolute Gasteiger partial charge is 0.337 e. The van der Waals surface area contributed by atoms with Crippen LogP contribution in [0.25, 0.3) is 0 Å². The molecule has 0 aromatic heterocycles. The molecule has 0 atom stereocenters. The highest BCUT2D eigenvalue weighted by Gasteiger charge is 2.34. The number of ether oxygens (including phenoxy) is 1. The van der Waals surface area contributed by atoms with E-state index >= 15 is 0 Å². The quantitative estimate of drug-likeness (QED) is 0.556. The second-order valence-electron chi connectivity index (χ2n) is 5.82. The minimum Gasteiger partial charge on any atom is -0.481 e. The van der Waals surface area contributed by atoms with Crippen LogP contribution in [0.5, 0.6) is 0 Å². The first-order valence-electron chi connectivity index (χ1n) is 8.26. The van der Waals surface area contributed by atoms with Gasteiger partial charge >= 0.3 is 11.9 Å². The fourth-order valence-electron chi connectivity index (χ4n) is 2.77. The lowest BCUT2D eigenvalue weighted by Gasteiger charge is -2.16. The van der Waals surface area contributed by atoms with E-state index in [0.29, 0.717) is 18.5 Å². The number of para-hydroxylation sites is 1. The Kier molecular flexibility index (Phi) is 6.74. The van der Waals surface area contributed by atoms with Gasteiger partial charge in [-0.3, -0.25) is 9.59 Å². The second kappa shape index (κ2) is 9.00. The van der Waals surface area contributed by atoms with Crippen molar-refractivity contribution in [3.05, 3.63) is 41.1 Å². The van der Waals surface area contributed by atoms with Crippen molar-refractivity contribution >= 4 is 23.5 Å². The van der Waals surface area contributed by atoms with E-state index in [1.54, 1.807) is 12.1 Å². The third kappa shape index (κ3) is 4.60. The van der Waals surface area contributed by atoms with Crippen LogP contribution >= 0.6 is 0 Å². The fourth-order valence-corrected chi connectivity index (χ4v) is 2.77. The standard InChI is InChI=1S/C18H22N2O6/c1-26-18(25)13-11-20(9-10-21)17(24)16(13)19-14-7-3-2-5-12(14)6-4-8-15(22)23/h2-3,5,7,19,21H,4,6,8-11H2,1H3,(H,22,23). The number of aryl methyl sites for hydroxylation is 1. The molecule has 3 N–H and O–H groups in total. The molecule has 0 spiro atoms. The summed E-state index contributed by atoms with van der Waals surface area (Å²) in [5.41, 5.74) is 1.80. The van der Waals surface area contributed by atoms with Crippen LogP contribution in [0.15, 0.2) is 35.5 Å². The summed E-state index contributed by atoms with van der Waals surface area (Å²) < 4.78 is 4.75. The van der Waals surface area contributed by atoms with Crippen LogP contribution in [0, 0.1) is 0 Å². The van der Waals surface area contributed by atoms with Gasteiger partial charge in [0.15, 0.2) is 0 Å². The molecule has 1 aliphatic heterocycles. The Balaban J connectivity index is 2.25. The SMILES string of the molecule is COC(=O)C1=C(Nc2ccccc2CCCC(=O)O)C(=O)N(CCO)C1. The second-order valence-corrected chi connectivity index (χ2v) is 5.82. The van der Waals surface area contributed by atoms with Crippen molar-refractivity contribution in [3.8, 4) is 0 Å². The van der Waals surface area contributed by atoms with Gasteiger partial charge in [0.2, 0.25) is 0 Å². The molecule has 1 amide bonds. The summed E-state index contributed by atoms with van der Waals surface area (Å²) in [6.45, 7) is -0.0282. The number of nitrogens with one attached hydrogen (secondary N) is 1. The fraction of sp³-hybridized carbons (Fsp3) is 0.389. The summed E-state index contributed by atoms with van der Waals surface area (Å²) in [4.78, 5) is 36.6. The Labute approximate surface area is 151 Å². The van der Waals surface area contributed by atoms with Gasteiger partial charge in [-0.25, -0.2) is 4.79 Å². The van der Waals surface area contributed by atoms with Crippen molar-refractivity contribution < 1.29 is 29.3 Å². The number of nitrogens with zero attached hydrogens (tertiary/aromatic N) is 1. The van der Waals surface area contributed by atoms with Crippen LogP contribution in [0.2, 0.25) is 0 Å². The van der Waals surface area contributed by atoms with Crippen molar-refractivity contribution in [1.29, 1.82) is 0 Å². The number of carboxylic acid groups (broad SMARTS) is 1. The van der Waals surface area contributed by atoms with E-state index in [2.05, 4.69) is 5.32 Å². The molecule has 0 saturated heterocycles. The van der Waals surface area contributed by atoms with Crippen molar-refractivity contribution in [3.63, 3.8) is 0 Å². The summed E-state index contributed by atoms with van der Waals surface area (Å²) in [5, 5.41) is 20.9. The number of benzene rings is 1. The molecule has 0 bridgehead atoms. The Morgan fingerprint density at radius 3 is 2.69 bits per heavy atom. The first-order chi connectivity index (χ1) is 12.5. The molecule has 0 unspecified atom stereocenters. The Bertz CT molecular complexity index is 728. The minimum absolute atomic E-state index is 0.0493. The molecule has 1 aromatic carbocycles. The van der Waals surface area contributed by atoms with Gasteiger partial charge in [0, 0.05) is 18.7 Å². The van der Waals surface area contributed by atoms with E-state index in [1.807, 2.05) is 12.1 Å². The van der Waals surface area contributed by atoms with Gasteiger partial charge in [0.1, 0.15) is 5.70 Å². The number of rotatable bonds is 9. The van der Waals surface area contributed by atoms with Crippen molar-refractivity contribution in [2.75, 3.05) is 32.1 Å². The number of anilines is 1. The molecule has 2 rings (SSSR count). The zero-order chi connectivity index (χ0) is 19.1. The largest absolute Gasteiger partial charge is 0.481 e. The molecule has 0 aliphatic carbocycles.